The summed E-state index contributed by atoms with van der Waals surface area (Å²) in [4.78, 5) is 33.6. The fraction of sp³-hybridized carbons (Fsp3) is 0.568. The Labute approximate surface area is 324 Å². The van der Waals surface area contributed by atoms with Crippen molar-refractivity contribution < 1.29 is 43.6 Å². The van der Waals surface area contributed by atoms with E-state index in [2.05, 4.69) is 12.7 Å². The molecule has 11 nitrogen and oxygen atoms in total. The molecule has 11 heteroatoms. The van der Waals surface area contributed by atoms with Gasteiger partial charge in [0, 0.05) is 56.1 Å². The maximum atomic E-state index is 14.0. The van der Waals surface area contributed by atoms with Gasteiger partial charge < -0.3 is 38.9 Å². The van der Waals surface area contributed by atoms with Gasteiger partial charge >= 0.3 is 0 Å². The number of unbranched alkanes of at least 4 members (excludes halogenated alkanes) is 2. The molecule has 2 saturated carbocycles. The van der Waals surface area contributed by atoms with Crippen LogP contribution in [0.25, 0.3) is 0 Å². The van der Waals surface area contributed by atoms with Crippen molar-refractivity contribution in [3.05, 3.63) is 77.9 Å². The first kappa shape index (κ1) is 39.2. The van der Waals surface area contributed by atoms with Gasteiger partial charge in [0.2, 0.25) is 18.0 Å². The molecule has 0 aromatic heterocycles. The SMILES string of the molecule is C=CCO[C@@]12Oc3ccc(Oc4cccc(C=O)c4)cc3[C@H]3[C@H](CCCCO)[C@@H](CCCCO)C=C(C(=NOC4CCCCO4)C[C@@H]1N(C)C(=O)C1CC1)[C@H]32. The number of benzene rings is 2. The Morgan fingerprint density at radius 2 is 1.84 bits per heavy atom. The third kappa shape index (κ3) is 8.40. The summed E-state index contributed by atoms with van der Waals surface area (Å²) in [5.74, 6) is 0.199. The summed E-state index contributed by atoms with van der Waals surface area (Å²) in [7, 11) is 1.86. The molecule has 0 bridgehead atoms. The van der Waals surface area contributed by atoms with E-state index < -0.39 is 24.0 Å². The van der Waals surface area contributed by atoms with E-state index in [1.165, 1.54) is 0 Å². The van der Waals surface area contributed by atoms with Gasteiger partial charge in [-0.05, 0) is 99.1 Å². The van der Waals surface area contributed by atoms with Crippen molar-refractivity contribution in [2.24, 2.45) is 28.8 Å². The van der Waals surface area contributed by atoms with Crippen LogP contribution in [0, 0.1) is 23.7 Å². The molecule has 2 aromatic carbocycles. The molecule has 7 rings (SSSR count). The number of nitrogens with zero attached hydrogens (tertiary/aromatic N) is 2. The van der Waals surface area contributed by atoms with Crippen LogP contribution in [0.5, 0.6) is 17.2 Å². The highest BCUT2D eigenvalue weighted by Gasteiger charge is 2.65. The van der Waals surface area contributed by atoms with Gasteiger partial charge in [0.05, 0.1) is 24.8 Å². The summed E-state index contributed by atoms with van der Waals surface area (Å²) in [6, 6.07) is 12.4. The Kier molecular flexibility index (Phi) is 12.7. The number of fused-ring (bicyclic) bond motifs is 2. The van der Waals surface area contributed by atoms with Crippen LogP contribution in [-0.2, 0) is 19.1 Å². The molecule has 2 N–H and O–H groups in total. The second-order valence-corrected chi connectivity index (χ2v) is 15.7. The lowest BCUT2D eigenvalue weighted by molar-refractivity contribution is -0.256. The number of hydrogen-bond donors (Lipinski definition) is 2. The highest BCUT2D eigenvalue weighted by atomic mass is 16.8. The van der Waals surface area contributed by atoms with Gasteiger partial charge in [0.15, 0.2) is 0 Å². The Hall–Kier alpha value is -4.03. The summed E-state index contributed by atoms with van der Waals surface area (Å²) < 4.78 is 26.5. The lowest BCUT2D eigenvalue weighted by atomic mass is 9.55. The molecule has 55 heavy (non-hydrogen) atoms. The first-order valence-corrected chi connectivity index (χ1v) is 20.3. The van der Waals surface area contributed by atoms with Crippen LogP contribution >= 0.6 is 0 Å². The number of carbonyl (C=O) groups excluding carboxylic acids is 2. The number of amides is 1. The van der Waals surface area contributed by atoms with Crippen LogP contribution in [-0.4, -0.2) is 84.6 Å². The number of oxime groups is 1. The number of ether oxygens (including phenoxy) is 4. The Morgan fingerprint density at radius 3 is 2.56 bits per heavy atom. The summed E-state index contributed by atoms with van der Waals surface area (Å²) in [5, 5.41) is 24.6. The molecule has 2 aromatic rings. The molecule has 5 aliphatic rings. The smallest absolute Gasteiger partial charge is 0.239 e. The van der Waals surface area contributed by atoms with Crippen LogP contribution < -0.4 is 9.47 Å². The van der Waals surface area contributed by atoms with Crippen LogP contribution in [0.1, 0.15) is 98.9 Å². The van der Waals surface area contributed by atoms with Crippen molar-refractivity contribution >= 4 is 17.9 Å². The summed E-state index contributed by atoms with van der Waals surface area (Å²) in [5.41, 5.74) is 3.22. The van der Waals surface area contributed by atoms with Gasteiger partial charge in [-0.1, -0.05) is 42.3 Å². The minimum absolute atomic E-state index is 0.0248. The zero-order chi connectivity index (χ0) is 38.4. The Bertz CT molecular complexity index is 1730. The number of aliphatic hydroxyl groups excluding tert-OH is 2. The molecule has 3 aliphatic carbocycles. The standard InChI is InChI=1S/C44H56N2O9/c1-3-22-52-44-39(46(2)43(50)30-16-17-30)27-37(45-55-40-15-6-9-23-51-40)35-25-31(12-4-7-20-47)34(14-5-8-21-48)41(42(35)44)36-26-33(18-19-38(36)54-44)53-32-13-10-11-29(24-32)28-49/h3,10-11,13,18-19,24-26,28,30-31,34,39-42,47-48H,1,4-9,12,14-17,20-23,27H2,2H3/t31-,34+,39-,40?,41+,42+,44+/m0/s1. The number of allylic oxidation sites excluding steroid dienone is 1. The Morgan fingerprint density at radius 1 is 1.04 bits per heavy atom. The molecular formula is C44H56N2O9. The number of rotatable bonds is 18. The molecule has 2 aliphatic heterocycles. The molecule has 1 amide bonds. The molecule has 296 valence electrons. The highest BCUT2D eigenvalue weighted by molar-refractivity contribution is 6.03. The van der Waals surface area contributed by atoms with Crippen LogP contribution in [0.2, 0.25) is 0 Å². The predicted molar refractivity (Wildman–Crippen MR) is 207 cm³/mol. The van der Waals surface area contributed by atoms with E-state index in [9.17, 15) is 19.8 Å². The van der Waals surface area contributed by atoms with Gasteiger partial charge in [-0.15, -0.1) is 6.58 Å². The zero-order valence-electron chi connectivity index (χ0n) is 32.0. The summed E-state index contributed by atoms with van der Waals surface area (Å²) in [6.45, 7) is 5.06. The lowest BCUT2D eigenvalue weighted by Crippen LogP contribution is -2.69. The minimum atomic E-state index is -1.29. The van der Waals surface area contributed by atoms with Gasteiger partial charge in [-0.2, -0.15) is 0 Å². The molecule has 1 saturated heterocycles. The van der Waals surface area contributed by atoms with Crippen LogP contribution in [0.15, 0.2) is 71.9 Å². The third-order valence-electron chi connectivity index (χ3n) is 12.0. The van der Waals surface area contributed by atoms with Crippen molar-refractivity contribution in [3.8, 4) is 17.2 Å². The van der Waals surface area contributed by atoms with E-state index in [4.69, 9.17) is 28.9 Å². The number of aldehydes is 1. The number of likely N-dealkylation sites (N-methyl/N-ethyl adjacent to an activating group) is 1. The number of aliphatic hydroxyl groups is 2. The van der Waals surface area contributed by atoms with Gasteiger partial charge in [0.25, 0.3) is 0 Å². The van der Waals surface area contributed by atoms with Crippen LogP contribution in [0.3, 0.4) is 0 Å². The minimum Gasteiger partial charge on any atom is -0.459 e. The lowest BCUT2D eigenvalue weighted by Gasteiger charge is -2.59. The highest BCUT2D eigenvalue weighted by Crippen LogP contribution is 2.62. The topological polar surface area (TPSA) is 136 Å². The van der Waals surface area contributed by atoms with Crippen molar-refractivity contribution in [3.63, 3.8) is 0 Å². The monoisotopic (exact) mass is 756 g/mol. The van der Waals surface area contributed by atoms with Gasteiger partial charge in [-0.25, -0.2) is 0 Å². The van der Waals surface area contributed by atoms with Crippen molar-refractivity contribution in [2.45, 2.75) is 101 Å². The third-order valence-corrected chi connectivity index (χ3v) is 12.0. The fourth-order valence-corrected chi connectivity index (χ4v) is 9.27. The normalized spacial score (nSPS) is 28.9. The van der Waals surface area contributed by atoms with Crippen molar-refractivity contribution in [2.75, 3.05) is 33.5 Å². The molecule has 2 heterocycles. The van der Waals surface area contributed by atoms with Crippen molar-refractivity contribution in [1.29, 1.82) is 0 Å². The van der Waals surface area contributed by atoms with E-state index in [-0.39, 0.29) is 49.4 Å². The van der Waals surface area contributed by atoms with E-state index in [0.29, 0.717) is 48.7 Å². The van der Waals surface area contributed by atoms with E-state index >= 15 is 0 Å². The van der Waals surface area contributed by atoms with E-state index in [1.54, 1.807) is 24.3 Å². The molecule has 0 radical (unpaired) electrons. The molecule has 1 unspecified atom stereocenters. The van der Waals surface area contributed by atoms with Gasteiger partial charge in [0.1, 0.15) is 29.6 Å². The average Bonchev–Trinajstić information content (AvgIpc) is 4.07. The van der Waals surface area contributed by atoms with Crippen LogP contribution in [0.4, 0.5) is 0 Å². The van der Waals surface area contributed by atoms with E-state index in [1.807, 2.05) is 36.2 Å². The first-order chi connectivity index (χ1) is 26.9. The summed E-state index contributed by atoms with van der Waals surface area (Å²) >= 11 is 0. The fourth-order valence-electron chi connectivity index (χ4n) is 9.27. The largest absolute Gasteiger partial charge is 0.459 e. The van der Waals surface area contributed by atoms with E-state index in [0.717, 1.165) is 80.9 Å². The maximum Gasteiger partial charge on any atom is 0.239 e. The number of hydrogen-bond acceptors (Lipinski definition) is 10. The molecule has 3 fully saturated rings. The maximum absolute atomic E-state index is 14.0. The summed E-state index contributed by atoms with van der Waals surface area (Å²) in [6.07, 6.45) is 14.0. The number of carbonyl (C=O) groups is 2. The average molecular weight is 757 g/mol. The molecule has 0 spiro atoms. The zero-order valence-corrected chi connectivity index (χ0v) is 32.0. The second kappa shape index (κ2) is 17.8. The predicted octanol–water partition coefficient (Wildman–Crippen LogP) is 7.32. The molecular weight excluding hydrogens is 700 g/mol. The molecule has 7 atom stereocenters. The quantitative estimate of drug-likeness (QED) is 0.0694. The van der Waals surface area contributed by atoms with Gasteiger partial charge in [-0.3, -0.25) is 9.59 Å². The second-order valence-electron chi connectivity index (χ2n) is 15.7. The van der Waals surface area contributed by atoms with Crippen molar-refractivity contribution in [1.82, 2.24) is 4.90 Å². The first-order valence-electron chi connectivity index (χ1n) is 20.3. The Balaban J connectivity index is 1.40.